The predicted octanol–water partition coefficient (Wildman–Crippen LogP) is 4.15. The Kier molecular flexibility index (Phi) is 5.32. The van der Waals surface area contributed by atoms with Crippen LogP contribution in [-0.2, 0) is 11.2 Å². The molecule has 162 valence electrons. The maximum atomic E-state index is 12.2. The summed E-state index contributed by atoms with van der Waals surface area (Å²) in [6, 6.07) is 15.8. The summed E-state index contributed by atoms with van der Waals surface area (Å²) in [4.78, 5) is 20.1. The average Bonchev–Trinajstić information content (AvgIpc) is 3.54. The van der Waals surface area contributed by atoms with Crippen LogP contribution in [0.3, 0.4) is 0 Å². The third kappa shape index (κ3) is 3.94. The Morgan fingerprint density at radius 1 is 1.22 bits per heavy atom. The number of methoxy groups -OCH3 is 1. The van der Waals surface area contributed by atoms with Gasteiger partial charge in [-0.3, -0.25) is 10.2 Å². The van der Waals surface area contributed by atoms with Gasteiger partial charge >= 0.3 is 0 Å². The summed E-state index contributed by atoms with van der Waals surface area (Å²) in [5, 5.41) is 12.8. The molecule has 1 amide bonds. The van der Waals surface area contributed by atoms with Crippen LogP contribution in [0.15, 0.2) is 59.7 Å². The number of hydrogen-bond acceptors (Lipinski definition) is 6. The number of carbonyl (C=O) groups is 1. The number of nitrogens with one attached hydrogen (secondary N) is 2. The van der Waals surface area contributed by atoms with Crippen molar-refractivity contribution in [1.29, 1.82) is 0 Å². The lowest BCUT2D eigenvalue weighted by Crippen LogP contribution is -2.38. The van der Waals surface area contributed by atoms with E-state index in [1.807, 2.05) is 42.6 Å². The Bertz CT molecular complexity index is 1290. The van der Waals surface area contributed by atoms with Crippen molar-refractivity contribution in [2.45, 2.75) is 25.8 Å². The van der Waals surface area contributed by atoms with Crippen LogP contribution in [-0.4, -0.2) is 39.0 Å². The van der Waals surface area contributed by atoms with E-state index in [0.717, 1.165) is 21.8 Å². The number of rotatable bonds is 5. The van der Waals surface area contributed by atoms with E-state index in [-0.39, 0.29) is 11.9 Å². The van der Waals surface area contributed by atoms with Crippen molar-refractivity contribution in [2.75, 3.05) is 7.11 Å². The third-order valence-corrected chi connectivity index (χ3v) is 6.31. The smallest absolute Gasteiger partial charge is 0.238 e. The SMILES string of the molecule is COc1ccc(C2C/C(=N/c3nnc(Cc4c[nH]c5ccccc45)s3)NN2C(C)=O)cc1. The summed E-state index contributed by atoms with van der Waals surface area (Å²) < 4.78 is 5.23. The molecule has 3 heterocycles. The van der Waals surface area contributed by atoms with E-state index in [0.29, 0.717) is 23.8 Å². The van der Waals surface area contributed by atoms with Crippen molar-refractivity contribution >= 4 is 39.1 Å². The van der Waals surface area contributed by atoms with Gasteiger partial charge in [0, 0.05) is 36.9 Å². The van der Waals surface area contributed by atoms with E-state index < -0.39 is 0 Å². The second-order valence-corrected chi connectivity index (χ2v) is 8.61. The molecule has 1 atom stereocenters. The number of hydrogen-bond donors (Lipinski definition) is 2. The lowest BCUT2D eigenvalue weighted by atomic mass is 10.0. The molecule has 9 heteroatoms. The lowest BCUT2D eigenvalue weighted by Gasteiger charge is -2.22. The summed E-state index contributed by atoms with van der Waals surface area (Å²) in [6.07, 6.45) is 3.28. The van der Waals surface area contributed by atoms with Crippen molar-refractivity contribution in [3.8, 4) is 5.75 Å². The largest absolute Gasteiger partial charge is 0.497 e. The Morgan fingerprint density at radius 2 is 2.03 bits per heavy atom. The molecule has 1 saturated heterocycles. The minimum Gasteiger partial charge on any atom is -0.497 e. The zero-order valence-corrected chi connectivity index (χ0v) is 18.5. The van der Waals surface area contributed by atoms with Gasteiger partial charge in [0.15, 0.2) is 0 Å². The molecule has 2 aromatic heterocycles. The Hall–Kier alpha value is -3.72. The summed E-state index contributed by atoms with van der Waals surface area (Å²) in [6.45, 7) is 1.54. The van der Waals surface area contributed by atoms with E-state index in [9.17, 15) is 4.79 Å². The number of amidine groups is 1. The van der Waals surface area contributed by atoms with E-state index in [1.165, 1.54) is 29.2 Å². The third-order valence-electron chi connectivity index (χ3n) is 5.49. The Labute approximate surface area is 188 Å². The zero-order valence-electron chi connectivity index (χ0n) is 17.7. The number of nitrogens with zero attached hydrogens (tertiary/aromatic N) is 4. The summed E-state index contributed by atoms with van der Waals surface area (Å²) in [5.41, 5.74) is 6.43. The molecule has 1 unspecified atom stereocenters. The summed E-state index contributed by atoms with van der Waals surface area (Å²) in [7, 11) is 1.63. The number of hydrazine groups is 1. The fraction of sp³-hybridized carbons (Fsp3) is 0.217. The highest BCUT2D eigenvalue weighted by Crippen LogP contribution is 2.31. The fourth-order valence-corrected chi connectivity index (χ4v) is 4.67. The first kappa shape index (κ1) is 20.2. The van der Waals surface area contributed by atoms with Gasteiger partial charge in [-0.15, -0.1) is 10.2 Å². The van der Waals surface area contributed by atoms with Crippen molar-refractivity contribution in [2.24, 2.45) is 4.99 Å². The van der Waals surface area contributed by atoms with Crippen molar-refractivity contribution in [1.82, 2.24) is 25.6 Å². The highest BCUT2D eigenvalue weighted by molar-refractivity contribution is 7.15. The molecule has 0 aliphatic carbocycles. The molecule has 2 aromatic carbocycles. The predicted molar refractivity (Wildman–Crippen MR) is 124 cm³/mol. The van der Waals surface area contributed by atoms with E-state index in [4.69, 9.17) is 4.74 Å². The number of aromatic amines is 1. The van der Waals surface area contributed by atoms with Gasteiger partial charge in [-0.25, -0.2) is 10.0 Å². The molecule has 8 nitrogen and oxygen atoms in total. The summed E-state index contributed by atoms with van der Waals surface area (Å²) >= 11 is 1.45. The van der Waals surface area contributed by atoms with Gasteiger partial charge in [0.2, 0.25) is 11.0 Å². The van der Waals surface area contributed by atoms with Gasteiger partial charge in [0.05, 0.1) is 13.2 Å². The average molecular weight is 447 g/mol. The van der Waals surface area contributed by atoms with Crippen LogP contribution in [0.2, 0.25) is 0 Å². The van der Waals surface area contributed by atoms with Gasteiger partial charge in [-0.2, -0.15) is 0 Å². The molecule has 0 radical (unpaired) electrons. The molecule has 5 rings (SSSR count). The van der Waals surface area contributed by atoms with Crippen molar-refractivity contribution in [3.63, 3.8) is 0 Å². The van der Waals surface area contributed by atoms with Gasteiger partial charge in [-0.1, -0.05) is 41.7 Å². The van der Waals surface area contributed by atoms with Crippen LogP contribution < -0.4 is 10.2 Å². The molecule has 1 aliphatic heterocycles. The van der Waals surface area contributed by atoms with E-state index in [1.54, 1.807) is 12.1 Å². The van der Waals surface area contributed by atoms with Crippen LogP contribution >= 0.6 is 11.3 Å². The number of amides is 1. The van der Waals surface area contributed by atoms with Gasteiger partial charge < -0.3 is 9.72 Å². The Morgan fingerprint density at radius 3 is 2.81 bits per heavy atom. The summed E-state index contributed by atoms with van der Waals surface area (Å²) in [5.74, 6) is 1.39. The molecule has 0 saturated carbocycles. The number of ether oxygens (including phenoxy) is 1. The number of aromatic nitrogens is 3. The topological polar surface area (TPSA) is 95.5 Å². The lowest BCUT2D eigenvalue weighted by molar-refractivity contribution is -0.132. The number of aliphatic imine (C=N–C) groups is 1. The molecule has 4 aromatic rings. The molecular formula is C23H22N6O2S. The number of carbonyl (C=O) groups excluding carboxylic acids is 1. The van der Waals surface area contributed by atoms with Crippen LogP contribution in [0.1, 0.15) is 35.5 Å². The molecule has 0 spiro atoms. The zero-order chi connectivity index (χ0) is 22.1. The van der Waals surface area contributed by atoms with Gasteiger partial charge in [0.25, 0.3) is 0 Å². The second kappa shape index (κ2) is 8.43. The van der Waals surface area contributed by atoms with Crippen molar-refractivity contribution in [3.05, 3.63) is 70.9 Å². The molecule has 32 heavy (non-hydrogen) atoms. The quantitative estimate of drug-likeness (QED) is 0.480. The first-order chi connectivity index (χ1) is 15.6. The van der Waals surface area contributed by atoms with Crippen LogP contribution in [0, 0.1) is 0 Å². The van der Waals surface area contributed by atoms with E-state index in [2.05, 4.69) is 37.7 Å². The Balaban J connectivity index is 1.34. The number of fused-ring (bicyclic) bond motifs is 1. The maximum absolute atomic E-state index is 12.2. The van der Waals surface area contributed by atoms with Crippen LogP contribution in [0.5, 0.6) is 5.75 Å². The standard InChI is InChI=1S/C23H22N6O2S/c1-14(30)29-20(15-7-9-17(31-2)10-8-15)12-21(28-29)25-23-27-26-22(32-23)11-16-13-24-19-6-4-3-5-18(16)19/h3-10,13,20,24H,11-12H2,1-2H3,(H,25,27,28). The number of para-hydroxylation sites is 1. The monoisotopic (exact) mass is 446 g/mol. The minimum atomic E-state index is -0.143. The molecule has 1 fully saturated rings. The van der Waals surface area contributed by atoms with Gasteiger partial charge in [-0.05, 0) is 29.3 Å². The van der Waals surface area contributed by atoms with E-state index >= 15 is 0 Å². The number of benzene rings is 2. The first-order valence-electron chi connectivity index (χ1n) is 10.3. The number of H-pyrrole nitrogens is 1. The minimum absolute atomic E-state index is 0.0756. The second-order valence-electron chi connectivity index (χ2n) is 7.57. The highest BCUT2D eigenvalue weighted by Gasteiger charge is 2.32. The van der Waals surface area contributed by atoms with Crippen LogP contribution in [0.4, 0.5) is 5.13 Å². The highest BCUT2D eigenvalue weighted by atomic mass is 32.1. The fourth-order valence-electron chi connectivity index (χ4n) is 3.92. The molecule has 2 N–H and O–H groups in total. The first-order valence-corrected chi connectivity index (χ1v) is 11.1. The molecule has 1 aliphatic rings. The maximum Gasteiger partial charge on any atom is 0.238 e. The van der Waals surface area contributed by atoms with Crippen molar-refractivity contribution < 1.29 is 9.53 Å². The normalized spacial score (nSPS) is 17.1. The molecule has 0 bridgehead atoms. The molecular weight excluding hydrogens is 424 g/mol. The van der Waals surface area contributed by atoms with Gasteiger partial charge in [0.1, 0.15) is 16.6 Å². The van der Waals surface area contributed by atoms with Crippen LogP contribution in [0.25, 0.3) is 10.9 Å².